The molecule has 0 fully saturated rings. The number of hydrogen-bond acceptors (Lipinski definition) is 2. The zero-order valence-electron chi connectivity index (χ0n) is 10.6. The SMILES string of the molecule is CCNCc1cccc(Cl)c1Sc1cccc(Cl)c1. The first-order valence-corrected chi connectivity index (χ1v) is 7.69. The van der Waals surface area contributed by atoms with Crippen LogP contribution in [0.3, 0.4) is 0 Å². The number of hydrogen-bond donors (Lipinski definition) is 1. The van der Waals surface area contributed by atoms with E-state index in [1.54, 1.807) is 11.8 Å². The molecule has 0 aliphatic carbocycles. The zero-order valence-corrected chi connectivity index (χ0v) is 12.9. The monoisotopic (exact) mass is 311 g/mol. The van der Waals surface area contributed by atoms with E-state index >= 15 is 0 Å². The summed E-state index contributed by atoms with van der Waals surface area (Å²) in [4.78, 5) is 2.19. The molecule has 0 aromatic heterocycles. The molecule has 0 aliphatic rings. The van der Waals surface area contributed by atoms with E-state index in [9.17, 15) is 0 Å². The number of rotatable bonds is 5. The van der Waals surface area contributed by atoms with Crippen LogP contribution in [0.25, 0.3) is 0 Å². The van der Waals surface area contributed by atoms with Gasteiger partial charge < -0.3 is 5.32 Å². The van der Waals surface area contributed by atoms with Gasteiger partial charge >= 0.3 is 0 Å². The van der Waals surface area contributed by atoms with Gasteiger partial charge in [-0.3, -0.25) is 0 Å². The van der Waals surface area contributed by atoms with Crippen LogP contribution in [-0.4, -0.2) is 6.54 Å². The molecule has 100 valence electrons. The Kier molecular flexibility index (Phi) is 5.59. The van der Waals surface area contributed by atoms with Gasteiger partial charge in [-0.15, -0.1) is 0 Å². The van der Waals surface area contributed by atoms with Crippen LogP contribution in [0.5, 0.6) is 0 Å². The Bertz CT molecular complexity index is 558. The van der Waals surface area contributed by atoms with Crippen LogP contribution < -0.4 is 5.32 Å². The summed E-state index contributed by atoms with van der Waals surface area (Å²) in [6.07, 6.45) is 0. The highest BCUT2D eigenvalue weighted by molar-refractivity contribution is 7.99. The normalized spacial score (nSPS) is 10.7. The van der Waals surface area contributed by atoms with E-state index in [1.165, 1.54) is 5.56 Å². The van der Waals surface area contributed by atoms with Crippen molar-refractivity contribution in [2.24, 2.45) is 0 Å². The first-order valence-electron chi connectivity index (χ1n) is 6.12. The Morgan fingerprint density at radius 3 is 2.63 bits per heavy atom. The van der Waals surface area contributed by atoms with Crippen LogP contribution in [0.1, 0.15) is 12.5 Å². The summed E-state index contributed by atoms with van der Waals surface area (Å²) in [5.41, 5.74) is 1.21. The van der Waals surface area contributed by atoms with Crippen molar-refractivity contribution in [2.45, 2.75) is 23.3 Å². The molecule has 0 amide bonds. The summed E-state index contributed by atoms with van der Waals surface area (Å²) in [7, 11) is 0. The molecule has 0 radical (unpaired) electrons. The highest BCUT2D eigenvalue weighted by Gasteiger charge is 2.08. The van der Waals surface area contributed by atoms with Crippen molar-refractivity contribution < 1.29 is 0 Å². The van der Waals surface area contributed by atoms with Crippen LogP contribution in [0.2, 0.25) is 10.0 Å². The molecule has 2 aromatic rings. The number of halogens is 2. The van der Waals surface area contributed by atoms with Gasteiger partial charge in [0.05, 0.1) is 5.02 Å². The third-order valence-electron chi connectivity index (χ3n) is 2.63. The highest BCUT2D eigenvalue weighted by Crippen LogP contribution is 2.36. The maximum atomic E-state index is 6.32. The van der Waals surface area contributed by atoms with Gasteiger partial charge in [0.15, 0.2) is 0 Å². The van der Waals surface area contributed by atoms with E-state index < -0.39 is 0 Å². The van der Waals surface area contributed by atoms with Crippen molar-refractivity contribution in [1.82, 2.24) is 5.32 Å². The summed E-state index contributed by atoms with van der Waals surface area (Å²) in [5.74, 6) is 0. The fraction of sp³-hybridized carbons (Fsp3) is 0.200. The van der Waals surface area contributed by atoms with Gasteiger partial charge in [0.2, 0.25) is 0 Å². The van der Waals surface area contributed by atoms with E-state index in [0.29, 0.717) is 0 Å². The molecule has 4 heteroatoms. The summed E-state index contributed by atoms with van der Waals surface area (Å²) in [6, 6.07) is 13.8. The molecular weight excluding hydrogens is 297 g/mol. The lowest BCUT2D eigenvalue weighted by Crippen LogP contribution is -2.12. The lowest BCUT2D eigenvalue weighted by Gasteiger charge is -2.11. The van der Waals surface area contributed by atoms with Gasteiger partial charge in [-0.2, -0.15) is 0 Å². The summed E-state index contributed by atoms with van der Waals surface area (Å²) in [6.45, 7) is 3.85. The molecule has 0 heterocycles. The molecule has 0 bridgehead atoms. The Morgan fingerprint density at radius 1 is 1.11 bits per heavy atom. The average molecular weight is 312 g/mol. The van der Waals surface area contributed by atoms with Gasteiger partial charge in [0.1, 0.15) is 0 Å². The molecule has 0 unspecified atom stereocenters. The minimum atomic E-state index is 0.741. The first kappa shape index (κ1) is 14.7. The summed E-state index contributed by atoms with van der Waals surface area (Å²) < 4.78 is 0. The Hall–Kier alpha value is -0.670. The van der Waals surface area contributed by atoms with E-state index in [2.05, 4.69) is 18.3 Å². The van der Waals surface area contributed by atoms with Crippen molar-refractivity contribution in [2.75, 3.05) is 6.54 Å². The largest absolute Gasteiger partial charge is 0.313 e. The molecule has 0 saturated heterocycles. The summed E-state index contributed by atoms with van der Waals surface area (Å²) in [5, 5.41) is 4.85. The van der Waals surface area contributed by atoms with E-state index in [-0.39, 0.29) is 0 Å². The minimum Gasteiger partial charge on any atom is -0.313 e. The predicted molar refractivity (Wildman–Crippen MR) is 84.4 cm³/mol. The van der Waals surface area contributed by atoms with Crippen LogP contribution in [0.4, 0.5) is 0 Å². The van der Waals surface area contributed by atoms with Gasteiger partial charge in [0.25, 0.3) is 0 Å². The highest BCUT2D eigenvalue weighted by atomic mass is 35.5. The molecule has 0 atom stereocenters. The second kappa shape index (κ2) is 7.20. The second-order valence-corrected chi connectivity index (χ2v) is 6.00. The predicted octanol–water partition coefficient (Wildman–Crippen LogP) is 5.25. The quantitative estimate of drug-likeness (QED) is 0.809. The van der Waals surface area contributed by atoms with Gasteiger partial charge in [-0.25, -0.2) is 0 Å². The third-order valence-corrected chi connectivity index (χ3v) is 4.47. The third kappa shape index (κ3) is 4.15. The average Bonchev–Trinajstić information content (AvgIpc) is 2.39. The molecule has 0 spiro atoms. The van der Waals surface area contributed by atoms with Crippen LogP contribution >= 0.6 is 35.0 Å². The van der Waals surface area contributed by atoms with Crippen molar-refractivity contribution in [3.05, 3.63) is 58.1 Å². The number of nitrogens with one attached hydrogen (secondary N) is 1. The van der Waals surface area contributed by atoms with Crippen LogP contribution in [-0.2, 0) is 6.54 Å². The van der Waals surface area contributed by atoms with Crippen LogP contribution in [0.15, 0.2) is 52.3 Å². The second-order valence-electron chi connectivity index (χ2n) is 4.07. The van der Waals surface area contributed by atoms with E-state index in [0.717, 1.165) is 32.9 Å². The fourth-order valence-electron chi connectivity index (χ4n) is 1.72. The van der Waals surface area contributed by atoms with E-state index in [4.69, 9.17) is 23.2 Å². The Labute approximate surface area is 128 Å². The summed E-state index contributed by atoms with van der Waals surface area (Å²) >= 11 is 14.0. The lowest BCUT2D eigenvalue weighted by atomic mass is 10.2. The fourth-order valence-corrected chi connectivity index (χ4v) is 3.28. The molecule has 19 heavy (non-hydrogen) atoms. The van der Waals surface area contributed by atoms with Crippen molar-refractivity contribution in [3.8, 4) is 0 Å². The molecular formula is C15H15Cl2NS. The maximum Gasteiger partial charge on any atom is 0.0548 e. The smallest absolute Gasteiger partial charge is 0.0548 e. The van der Waals surface area contributed by atoms with Crippen molar-refractivity contribution in [3.63, 3.8) is 0 Å². The minimum absolute atomic E-state index is 0.741. The van der Waals surface area contributed by atoms with Gasteiger partial charge in [0, 0.05) is 21.4 Å². The molecule has 2 rings (SSSR count). The van der Waals surface area contributed by atoms with Crippen molar-refractivity contribution in [1.29, 1.82) is 0 Å². The molecule has 0 saturated carbocycles. The van der Waals surface area contributed by atoms with Crippen LogP contribution in [0, 0.1) is 0 Å². The van der Waals surface area contributed by atoms with Crippen molar-refractivity contribution >= 4 is 35.0 Å². The topological polar surface area (TPSA) is 12.0 Å². The molecule has 1 N–H and O–H groups in total. The molecule has 2 aromatic carbocycles. The van der Waals surface area contributed by atoms with Gasteiger partial charge in [-0.1, -0.05) is 60.1 Å². The lowest BCUT2D eigenvalue weighted by molar-refractivity contribution is 0.718. The van der Waals surface area contributed by atoms with Gasteiger partial charge in [-0.05, 0) is 36.4 Å². The molecule has 0 aliphatic heterocycles. The standard InChI is InChI=1S/C15H15Cl2NS/c1-2-18-10-11-5-3-8-14(17)15(11)19-13-7-4-6-12(16)9-13/h3-9,18H,2,10H2,1H3. The first-order chi connectivity index (χ1) is 9.20. The zero-order chi connectivity index (χ0) is 13.7. The Morgan fingerprint density at radius 2 is 1.89 bits per heavy atom. The number of benzene rings is 2. The maximum absolute atomic E-state index is 6.32. The van der Waals surface area contributed by atoms with E-state index in [1.807, 2.05) is 36.4 Å². The molecule has 1 nitrogen and oxygen atoms in total. The Balaban J connectivity index is 2.27.